The highest BCUT2D eigenvalue weighted by Crippen LogP contribution is 2.26. The van der Waals surface area contributed by atoms with Crippen LogP contribution in [0, 0.1) is 0 Å². The van der Waals surface area contributed by atoms with Gasteiger partial charge in [-0.3, -0.25) is 0 Å². The number of rotatable bonds is 7. The van der Waals surface area contributed by atoms with Crippen molar-refractivity contribution >= 4 is 0 Å². The van der Waals surface area contributed by atoms with E-state index in [4.69, 9.17) is 9.15 Å². The average Bonchev–Trinajstić information content (AvgIpc) is 2.52. The molecule has 3 nitrogen and oxygen atoms in total. The molecule has 0 aliphatic carbocycles. The lowest BCUT2D eigenvalue weighted by Gasteiger charge is -2.08. The summed E-state index contributed by atoms with van der Waals surface area (Å²) in [5.74, 6) is 1.60. The van der Waals surface area contributed by atoms with Gasteiger partial charge in [-0.15, -0.1) is 0 Å². The van der Waals surface area contributed by atoms with Gasteiger partial charge in [0.25, 0.3) is 0 Å². The third kappa shape index (κ3) is 4.22. The smallest absolute Gasteiger partial charge is 0.335 e. The van der Waals surface area contributed by atoms with E-state index in [1.807, 2.05) is 30.3 Å². The Morgan fingerprint density at radius 1 is 1.00 bits per heavy atom. The van der Waals surface area contributed by atoms with Gasteiger partial charge in [0, 0.05) is 18.1 Å². The van der Waals surface area contributed by atoms with Crippen molar-refractivity contribution in [2.75, 3.05) is 7.11 Å². The molecule has 2 aromatic rings. The van der Waals surface area contributed by atoms with Crippen molar-refractivity contribution in [3.63, 3.8) is 0 Å². The summed E-state index contributed by atoms with van der Waals surface area (Å²) in [4.78, 5) is 11.5. The molecule has 1 aromatic heterocycles. The standard InChI is InChI=1S/C18H22O3/c1-3-4-5-6-7-17-16(12-13-18(19)21-17)14-8-10-15(20-2)11-9-14/h8-13H,3-7H2,1-2H3. The quantitative estimate of drug-likeness (QED) is 0.706. The molecule has 0 saturated carbocycles. The molecule has 0 fully saturated rings. The van der Waals surface area contributed by atoms with E-state index in [0.29, 0.717) is 0 Å². The van der Waals surface area contributed by atoms with Gasteiger partial charge in [0.1, 0.15) is 11.5 Å². The third-order valence-corrected chi connectivity index (χ3v) is 3.57. The Bertz CT molecular complexity index is 611. The van der Waals surface area contributed by atoms with Crippen LogP contribution in [0.2, 0.25) is 0 Å². The lowest BCUT2D eigenvalue weighted by Crippen LogP contribution is -2.01. The van der Waals surface area contributed by atoms with Crippen molar-refractivity contribution in [3.8, 4) is 16.9 Å². The second kappa shape index (κ2) is 7.67. The number of hydrogen-bond acceptors (Lipinski definition) is 3. The molecule has 112 valence electrons. The molecule has 3 heteroatoms. The van der Waals surface area contributed by atoms with E-state index < -0.39 is 0 Å². The summed E-state index contributed by atoms with van der Waals surface area (Å²) in [6, 6.07) is 11.1. The van der Waals surface area contributed by atoms with E-state index in [9.17, 15) is 4.79 Å². The lowest BCUT2D eigenvalue weighted by atomic mass is 10.0. The van der Waals surface area contributed by atoms with Gasteiger partial charge < -0.3 is 9.15 Å². The van der Waals surface area contributed by atoms with Crippen LogP contribution in [0.4, 0.5) is 0 Å². The number of ether oxygens (including phenoxy) is 1. The lowest BCUT2D eigenvalue weighted by molar-refractivity contribution is 0.415. The fourth-order valence-corrected chi connectivity index (χ4v) is 2.38. The predicted molar refractivity (Wildman–Crippen MR) is 84.8 cm³/mol. The van der Waals surface area contributed by atoms with Gasteiger partial charge in [-0.1, -0.05) is 38.3 Å². The Kier molecular flexibility index (Phi) is 5.61. The van der Waals surface area contributed by atoms with E-state index >= 15 is 0 Å². The van der Waals surface area contributed by atoms with Crippen molar-refractivity contribution in [1.82, 2.24) is 0 Å². The maximum atomic E-state index is 11.5. The fourth-order valence-electron chi connectivity index (χ4n) is 2.38. The summed E-state index contributed by atoms with van der Waals surface area (Å²) >= 11 is 0. The number of methoxy groups -OCH3 is 1. The molecule has 0 aliphatic heterocycles. The molecular formula is C18H22O3. The zero-order chi connectivity index (χ0) is 15.1. The molecule has 2 rings (SSSR count). The minimum atomic E-state index is -0.280. The minimum Gasteiger partial charge on any atom is -0.497 e. The summed E-state index contributed by atoms with van der Waals surface area (Å²) in [5.41, 5.74) is 1.76. The van der Waals surface area contributed by atoms with E-state index in [1.165, 1.54) is 18.9 Å². The molecule has 0 N–H and O–H groups in total. The maximum absolute atomic E-state index is 11.5. The van der Waals surface area contributed by atoms with Crippen LogP contribution in [0.3, 0.4) is 0 Å². The van der Waals surface area contributed by atoms with Crippen molar-refractivity contribution in [3.05, 3.63) is 52.6 Å². The van der Waals surface area contributed by atoms with Crippen LogP contribution in [0.15, 0.2) is 45.6 Å². The van der Waals surface area contributed by atoms with Crippen molar-refractivity contribution in [2.45, 2.75) is 39.0 Å². The van der Waals surface area contributed by atoms with Gasteiger partial charge in [0.2, 0.25) is 0 Å². The molecule has 0 aliphatic rings. The minimum absolute atomic E-state index is 0.280. The van der Waals surface area contributed by atoms with Crippen LogP contribution in [0.1, 0.15) is 38.4 Å². The molecule has 0 radical (unpaired) electrons. The maximum Gasteiger partial charge on any atom is 0.335 e. The van der Waals surface area contributed by atoms with Gasteiger partial charge in [-0.2, -0.15) is 0 Å². The van der Waals surface area contributed by atoms with Gasteiger partial charge in [-0.25, -0.2) is 4.79 Å². The van der Waals surface area contributed by atoms with Gasteiger partial charge in [-0.05, 0) is 30.2 Å². The molecule has 0 unspecified atom stereocenters. The highest BCUT2D eigenvalue weighted by Gasteiger charge is 2.08. The van der Waals surface area contributed by atoms with Crippen LogP contribution in [-0.4, -0.2) is 7.11 Å². The SMILES string of the molecule is CCCCCCc1oc(=O)ccc1-c1ccc(OC)cc1. The molecule has 1 aromatic carbocycles. The van der Waals surface area contributed by atoms with Crippen LogP contribution >= 0.6 is 0 Å². The molecule has 21 heavy (non-hydrogen) atoms. The summed E-state index contributed by atoms with van der Waals surface area (Å²) < 4.78 is 10.6. The van der Waals surface area contributed by atoms with E-state index in [-0.39, 0.29) is 5.63 Å². The molecule has 0 saturated heterocycles. The first kappa shape index (κ1) is 15.4. The van der Waals surface area contributed by atoms with Crippen molar-refractivity contribution < 1.29 is 9.15 Å². The van der Waals surface area contributed by atoms with Crippen LogP contribution in [-0.2, 0) is 6.42 Å². The molecule has 0 amide bonds. The Morgan fingerprint density at radius 2 is 1.76 bits per heavy atom. The molecule has 0 spiro atoms. The van der Waals surface area contributed by atoms with Crippen molar-refractivity contribution in [2.24, 2.45) is 0 Å². The summed E-state index contributed by atoms with van der Waals surface area (Å²) in [7, 11) is 1.65. The first-order chi connectivity index (χ1) is 10.2. The number of aryl methyl sites for hydroxylation is 1. The fraction of sp³-hybridized carbons (Fsp3) is 0.389. The zero-order valence-electron chi connectivity index (χ0n) is 12.7. The first-order valence-corrected chi connectivity index (χ1v) is 7.52. The van der Waals surface area contributed by atoms with E-state index in [0.717, 1.165) is 41.9 Å². The highest BCUT2D eigenvalue weighted by molar-refractivity contribution is 5.65. The van der Waals surface area contributed by atoms with E-state index in [1.54, 1.807) is 7.11 Å². The molecular weight excluding hydrogens is 264 g/mol. The topological polar surface area (TPSA) is 39.4 Å². The second-order valence-corrected chi connectivity index (χ2v) is 5.13. The van der Waals surface area contributed by atoms with Crippen molar-refractivity contribution in [1.29, 1.82) is 0 Å². The molecule has 0 atom stereocenters. The monoisotopic (exact) mass is 286 g/mol. The van der Waals surface area contributed by atoms with Gasteiger partial charge in [0.05, 0.1) is 7.11 Å². The summed E-state index contributed by atoms with van der Waals surface area (Å²) in [5, 5.41) is 0. The second-order valence-electron chi connectivity index (χ2n) is 5.13. The predicted octanol–water partition coefficient (Wildman–Crippen LogP) is 4.44. The number of benzene rings is 1. The Morgan fingerprint density at radius 3 is 2.43 bits per heavy atom. The van der Waals surface area contributed by atoms with Crippen LogP contribution < -0.4 is 10.4 Å². The molecule has 0 bridgehead atoms. The Balaban J connectivity index is 2.22. The number of unbranched alkanes of at least 4 members (excludes halogenated alkanes) is 3. The normalized spacial score (nSPS) is 10.6. The number of hydrogen-bond donors (Lipinski definition) is 0. The zero-order valence-corrected chi connectivity index (χ0v) is 12.7. The first-order valence-electron chi connectivity index (χ1n) is 7.52. The largest absolute Gasteiger partial charge is 0.497 e. The highest BCUT2D eigenvalue weighted by atomic mass is 16.5. The van der Waals surface area contributed by atoms with Crippen LogP contribution in [0.5, 0.6) is 5.75 Å². The Labute approximate surface area is 125 Å². The third-order valence-electron chi connectivity index (χ3n) is 3.57. The van der Waals surface area contributed by atoms with Crippen LogP contribution in [0.25, 0.3) is 11.1 Å². The molecule has 1 heterocycles. The van der Waals surface area contributed by atoms with Gasteiger partial charge in [0.15, 0.2) is 0 Å². The average molecular weight is 286 g/mol. The summed E-state index contributed by atoms with van der Waals surface area (Å²) in [6.07, 6.45) is 5.43. The summed E-state index contributed by atoms with van der Waals surface area (Å²) in [6.45, 7) is 2.19. The van der Waals surface area contributed by atoms with Gasteiger partial charge >= 0.3 is 5.63 Å². The van der Waals surface area contributed by atoms with E-state index in [2.05, 4.69) is 6.92 Å². The Hall–Kier alpha value is -2.03.